The van der Waals surface area contributed by atoms with E-state index in [9.17, 15) is 9.59 Å². The van der Waals surface area contributed by atoms with Crippen LogP contribution in [0.1, 0.15) is 20.8 Å². The summed E-state index contributed by atoms with van der Waals surface area (Å²) in [7, 11) is 1.32. The average molecular weight is 394 g/mol. The number of nitrogens with one attached hydrogen (secondary N) is 2. The first-order valence-corrected chi connectivity index (χ1v) is 9.01. The Hall–Kier alpha value is -3.79. The lowest BCUT2D eigenvalue weighted by molar-refractivity contribution is 0.0594. The number of hydrogen-bond acceptors (Lipinski definition) is 7. The third-order valence-corrected chi connectivity index (χ3v) is 4.68. The maximum atomic E-state index is 12.4. The molecule has 0 spiro atoms. The van der Waals surface area contributed by atoms with Gasteiger partial charge >= 0.3 is 5.97 Å². The van der Waals surface area contributed by atoms with Gasteiger partial charge in [0.1, 0.15) is 18.3 Å². The lowest BCUT2D eigenvalue weighted by Crippen LogP contribution is -2.11. The fraction of sp³-hybridized carbons (Fsp3) is 0.0556. The van der Waals surface area contributed by atoms with Crippen molar-refractivity contribution in [3.05, 3.63) is 65.8 Å². The van der Waals surface area contributed by atoms with Gasteiger partial charge in [0.05, 0.1) is 18.5 Å². The second kappa shape index (κ2) is 7.45. The van der Waals surface area contributed by atoms with Crippen molar-refractivity contribution < 1.29 is 14.3 Å². The van der Waals surface area contributed by atoms with Crippen molar-refractivity contribution in [3.63, 3.8) is 0 Å². The molecular weight excluding hydrogens is 380 g/mol. The van der Waals surface area contributed by atoms with Crippen molar-refractivity contribution in [3.8, 4) is 16.9 Å². The number of ether oxygens (including phenoxy) is 1. The molecule has 9 nitrogen and oxygen atoms in total. The molecule has 1 aromatic carbocycles. The highest BCUT2D eigenvalue weighted by atomic mass is 32.1. The summed E-state index contributed by atoms with van der Waals surface area (Å²) in [5.74, 6) is -0.722. The van der Waals surface area contributed by atoms with Crippen molar-refractivity contribution in [1.29, 1.82) is 0 Å². The first-order chi connectivity index (χ1) is 13.6. The number of carbonyl (C=O) groups is 2. The minimum absolute atomic E-state index is 0.268. The Morgan fingerprint density at radius 3 is 2.79 bits per heavy atom. The summed E-state index contributed by atoms with van der Waals surface area (Å²) in [6.45, 7) is 0. The maximum Gasteiger partial charge on any atom is 0.354 e. The van der Waals surface area contributed by atoms with Gasteiger partial charge in [0.25, 0.3) is 5.91 Å². The van der Waals surface area contributed by atoms with Crippen molar-refractivity contribution >= 4 is 28.3 Å². The van der Waals surface area contributed by atoms with Crippen LogP contribution >= 0.6 is 11.3 Å². The topological polar surface area (TPSA) is 115 Å². The Bertz CT molecular complexity index is 1110. The monoisotopic (exact) mass is 394 g/mol. The molecule has 28 heavy (non-hydrogen) atoms. The summed E-state index contributed by atoms with van der Waals surface area (Å²) in [4.78, 5) is 35.1. The number of methoxy groups -OCH3 is 1. The molecular formula is C18H14N6O3S. The van der Waals surface area contributed by atoms with Crippen LogP contribution in [0.2, 0.25) is 0 Å². The van der Waals surface area contributed by atoms with Gasteiger partial charge in [-0.1, -0.05) is 0 Å². The van der Waals surface area contributed by atoms with Crippen LogP contribution in [0.4, 0.5) is 5.13 Å². The van der Waals surface area contributed by atoms with Crippen molar-refractivity contribution in [2.75, 3.05) is 12.4 Å². The number of aromatic amines is 1. The van der Waals surface area contributed by atoms with E-state index in [0.29, 0.717) is 22.1 Å². The summed E-state index contributed by atoms with van der Waals surface area (Å²) in [5.41, 5.74) is 3.01. The Labute approximate surface area is 163 Å². The number of aromatic nitrogens is 5. The second-order valence-electron chi connectivity index (χ2n) is 5.67. The lowest BCUT2D eigenvalue weighted by atomic mass is 10.2. The molecule has 4 aromatic rings. The second-order valence-corrected chi connectivity index (χ2v) is 6.53. The van der Waals surface area contributed by atoms with Gasteiger partial charge in [-0.05, 0) is 30.3 Å². The van der Waals surface area contributed by atoms with Crippen LogP contribution in [-0.2, 0) is 4.74 Å². The Morgan fingerprint density at radius 2 is 2.07 bits per heavy atom. The third kappa shape index (κ3) is 3.53. The quantitative estimate of drug-likeness (QED) is 0.503. The molecule has 0 unspecified atom stereocenters. The molecule has 0 saturated heterocycles. The Balaban J connectivity index is 1.45. The summed E-state index contributed by atoms with van der Waals surface area (Å²) in [6.07, 6.45) is 4.69. The van der Waals surface area contributed by atoms with Crippen molar-refractivity contribution in [2.45, 2.75) is 0 Å². The number of thiazole rings is 1. The standard InChI is InChI=1S/C18H14N6O3S/c1-27-17(26)14-6-12(7-20-14)15-8-28-18(22-15)23-16(25)11-2-4-13(5-3-11)24-10-19-9-21-24/h2-10,20H,1H3,(H,22,23,25). The number of hydrogen-bond donors (Lipinski definition) is 2. The number of carbonyl (C=O) groups excluding carboxylic acids is 2. The number of H-pyrrole nitrogens is 1. The molecule has 0 radical (unpaired) electrons. The smallest absolute Gasteiger partial charge is 0.354 e. The molecule has 0 atom stereocenters. The van der Waals surface area contributed by atoms with Crippen LogP contribution in [0.5, 0.6) is 0 Å². The minimum atomic E-state index is -0.454. The zero-order valence-electron chi connectivity index (χ0n) is 14.6. The molecule has 0 aliphatic carbocycles. The van der Waals surface area contributed by atoms with Crippen LogP contribution in [0.25, 0.3) is 16.9 Å². The van der Waals surface area contributed by atoms with Gasteiger partial charge in [-0.25, -0.2) is 19.4 Å². The Morgan fingerprint density at radius 1 is 1.25 bits per heavy atom. The summed E-state index contributed by atoms with van der Waals surface area (Å²) >= 11 is 1.30. The molecule has 10 heteroatoms. The molecule has 3 aromatic heterocycles. The highest BCUT2D eigenvalue weighted by Gasteiger charge is 2.13. The van der Waals surface area contributed by atoms with Gasteiger partial charge in [-0.2, -0.15) is 5.10 Å². The van der Waals surface area contributed by atoms with E-state index in [0.717, 1.165) is 11.3 Å². The van der Waals surface area contributed by atoms with Crippen LogP contribution < -0.4 is 5.32 Å². The molecule has 0 bridgehead atoms. The van der Waals surface area contributed by atoms with E-state index in [1.807, 2.05) is 0 Å². The third-order valence-electron chi connectivity index (χ3n) is 3.92. The van der Waals surface area contributed by atoms with Crippen LogP contribution in [0.3, 0.4) is 0 Å². The van der Waals surface area contributed by atoms with E-state index < -0.39 is 5.97 Å². The largest absolute Gasteiger partial charge is 0.464 e. The summed E-state index contributed by atoms with van der Waals surface area (Å²) in [5, 5.41) is 9.08. The number of benzene rings is 1. The van der Waals surface area contributed by atoms with Crippen LogP contribution in [0.15, 0.2) is 54.6 Å². The van der Waals surface area contributed by atoms with Gasteiger partial charge < -0.3 is 9.72 Å². The van der Waals surface area contributed by atoms with E-state index in [2.05, 4.69) is 30.1 Å². The SMILES string of the molecule is COC(=O)c1cc(-c2csc(NC(=O)c3ccc(-n4cncn4)cc3)n2)c[nH]1. The number of anilines is 1. The normalized spacial score (nSPS) is 10.6. The fourth-order valence-corrected chi connectivity index (χ4v) is 3.22. The van der Waals surface area contributed by atoms with Gasteiger partial charge in [0, 0.05) is 22.7 Å². The zero-order valence-corrected chi connectivity index (χ0v) is 15.4. The van der Waals surface area contributed by atoms with Crippen LogP contribution in [-0.4, -0.2) is 43.7 Å². The number of amides is 1. The highest BCUT2D eigenvalue weighted by molar-refractivity contribution is 7.14. The van der Waals surface area contributed by atoms with Gasteiger partial charge in [-0.15, -0.1) is 11.3 Å². The van der Waals surface area contributed by atoms with E-state index in [1.54, 1.807) is 52.9 Å². The van der Waals surface area contributed by atoms with E-state index in [4.69, 9.17) is 0 Å². The molecule has 2 N–H and O–H groups in total. The summed E-state index contributed by atoms with van der Waals surface area (Å²) in [6, 6.07) is 8.62. The lowest BCUT2D eigenvalue weighted by Gasteiger charge is -2.04. The van der Waals surface area contributed by atoms with E-state index in [-0.39, 0.29) is 5.91 Å². The fourth-order valence-electron chi connectivity index (χ4n) is 2.51. The maximum absolute atomic E-state index is 12.4. The van der Waals surface area contributed by atoms with Crippen molar-refractivity contribution in [2.24, 2.45) is 0 Å². The zero-order chi connectivity index (χ0) is 19.5. The first kappa shape index (κ1) is 17.6. The van der Waals surface area contributed by atoms with Gasteiger partial charge in [-0.3, -0.25) is 10.1 Å². The predicted octanol–water partition coefficient (Wildman–Crippen LogP) is 2.76. The predicted molar refractivity (Wildman–Crippen MR) is 103 cm³/mol. The van der Waals surface area contributed by atoms with Crippen molar-refractivity contribution in [1.82, 2.24) is 24.7 Å². The molecule has 1 amide bonds. The summed E-state index contributed by atoms with van der Waals surface area (Å²) < 4.78 is 6.28. The van der Waals surface area contributed by atoms with E-state index >= 15 is 0 Å². The van der Waals surface area contributed by atoms with E-state index in [1.165, 1.54) is 24.8 Å². The number of rotatable bonds is 5. The molecule has 0 fully saturated rings. The molecule has 0 aliphatic heterocycles. The van der Waals surface area contributed by atoms with Gasteiger partial charge in [0.15, 0.2) is 5.13 Å². The molecule has 3 heterocycles. The molecule has 140 valence electrons. The average Bonchev–Trinajstić information content (AvgIpc) is 3.48. The van der Waals surface area contributed by atoms with Gasteiger partial charge in [0.2, 0.25) is 0 Å². The molecule has 4 rings (SSSR count). The van der Waals surface area contributed by atoms with Crippen LogP contribution in [0, 0.1) is 0 Å². The molecule has 0 aliphatic rings. The molecule has 0 saturated carbocycles. The number of nitrogens with zero attached hydrogens (tertiary/aromatic N) is 4. The Kier molecular flexibility index (Phi) is 4.68. The first-order valence-electron chi connectivity index (χ1n) is 8.13. The minimum Gasteiger partial charge on any atom is -0.464 e. The number of esters is 1. The highest BCUT2D eigenvalue weighted by Crippen LogP contribution is 2.26.